The van der Waals surface area contributed by atoms with Gasteiger partial charge in [-0.3, -0.25) is 9.59 Å². The number of methoxy groups -OCH3 is 2. The predicted octanol–water partition coefficient (Wildman–Crippen LogP) is 3.33. The molecule has 2 aromatic rings. The van der Waals surface area contributed by atoms with Gasteiger partial charge in [-0.15, -0.1) is 0 Å². The van der Waals surface area contributed by atoms with Crippen LogP contribution in [0.3, 0.4) is 0 Å². The van der Waals surface area contributed by atoms with Crippen LogP contribution in [0.15, 0.2) is 42.5 Å². The Bertz CT molecular complexity index is 1040. The van der Waals surface area contributed by atoms with E-state index in [0.717, 1.165) is 37.7 Å². The quantitative estimate of drug-likeness (QED) is 0.317. The predicted molar refractivity (Wildman–Crippen MR) is 133 cm³/mol. The lowest BCUT2D eigenvalue weighted by Crippen LogP contribution is -2.47. The molecule has 2 aromatic carbocycles. The van der Waals surface area contributed by atoms with Crippen molar-refractivity contribution in [2.75, 3.05) is 20.8 Å². The van der Waals surface area contributed by atoms with Gasteiger partial charge in [0.25, 0.3) is 0 Å². The number of carboxylic acid groups (broad SMARTS) is 1. The Morgan fingerprint density at radius 2 is 1.61 bits per heavy atom. The number of esters is 1. The van der Waals surface area contributed by atoms with Gasteiger partial charge >= 0.3 is 11.9 Å². The van der Waals surface area contributed by atoms with Gasteiger partial charge in [0.1, 0.15) is 22.8 Å². The van der Waals surface area contributed by atoms with Crippen LogP contribution in [0.2, 0.25) is 0 Å². The van der Waals surface area contributed by atoms with Crippen molar-refractivity contribution in [1.82, 2.24) is 5.32 Å². The number of nitrogens with two attached hydrogens (primary N) is 1. The molecule has 0 saturated heterocycles. The fourth-order valence-corrected chi connectivity index (χ4v) is 4.70. The van der Waals surface area contributed by atoms with Gasteiger partial charge in [-0.05, 0) is 54.5 Å². The number of carbonyl (C=O) groups is 3. The summed E-state index contributed by atoms with van der Waals surface area (Å²) in [6.07, 6.45) is 4.93. The molecular weight excluding hydrogens is 464 g/mol. The van der Waals surface area contributed by atoms with Crippen molar-refractivity contribution >= 4 is 17.8 Å². The zero-order valence-electron chi connectivity index (χ0n) is 20.7. The van der Waals surface area contributed by atoms with Crippen LogP contribution in [0.25, 0.3) is 0 Å². The molecule has 1 atom stereocenters. The van der Waals surface area contributed by atoms with Crippen LogP contribution < -0.4 is 25.3 Å². The first kappa shape index (κ1) is 27.0. The molecule has 4 N–H and O–H groups in total. The molecule has 36 heavy (non-hydrogen) atoms. The lowest BCUT2D eigenvalue weighted by atomic mass is 9.71. The molecule has 1 saturated carbocycles. The number of carboxylic acids is 1. The Balaban J connectivity index is 1.57. The number of aliphatic carboxylic acids is 1. The van der Waals surface area contributed by atoms with Crippen molar-refractivity contribution < 1.29 is 33.7 Å². The highest BCUT2D eigenvalue weighted by Gasteiger charge is 2.35. The van der Waals surface area contributed by atoms with E-state index in [0.29, 0.717) is 23.8 Å². The minimum atomic E-state index is -0.847. The molecule has 0 spiro atoms. The Morgan fingerprint density at radius 1 is 1.00 bits per heavy atom. The maximum atomic E-state index is 12.7. The van der Waals surface area contributed by atoms with E-state index in [1.165, 1.54) is 14.2 Å². The van der Waals surface area contributed by atoms with E-state index in [4.69, 9.17) is 19.9 Å². The van der Waals surface area contributed by atoms with E-state index < -0.39 is 23.4 Å². The number of hydrogen-bond donors (Lipinski definition) is 3. The summed E-state index contributed by atoms with van der Waals surface area (Å²) in [5, 5.41) is 12.2. The van der Waals surface area contributed by atoms with Crippen molar-refractivity contribution in [3.05, 3.63) is 53.6 Å². The molecule has 194 valence electrons. The molecule has 9 heteroatoms. The van der Waals surface area contributed by atoms with Crippen LogP contribution in [0, 0.1) is 5.41 Å². The van der Waals surface area contributed by atoms with Crippen LogP contribution in [-0.2, 0) is 16.0 Å². The van der Waals surface area contributed by atoms with Crippen molar-refractivity contribution in [3.8, 4) is 17.2 Å². The zero-order valence-corrected chi connectivity index (χ0v) is 20.7. The van der Waals surface area contributed by atoms with Gasteiger partial charge in [-0.1, -0.05) is 37.5 Å². The highest BCUT2D eigenvalue weighted by molar-refractivity contribution is 5.97. The number of ether oxygens (including phenoxy) is 3. The Labute approximate surface area is 210 Å². The molecule has 0 aliphatic heterocycles. The lowest BCUT2D eigenvalue weighted by Gasteiger charge is -2.36. The van der Waals surface area contributed by atoms with Crippen LogP contribution in [-0.4, -0.2) is 49.8 Å². The fourth-order valence-electron chi connectivity index (χ4n) is 4.70. The van der Waals surface area contributed by atoms with Crippen molar-refractivity contribution in [3.63, 3.8) is 0 Å². The second kappa shape index (κ2) is 12.4. The number of carbonyl (C=O) groups excluding carboxylic acids is 2. The SMILES string of the molecule is COc1cccc(OC)c1C(=O)Oc1ccc(C[C@@H](N)C(=O)NCC2(CC(=O)O)CCCCC2)cc1. The molecule has 1 aliphatic carbocycles. The van der Waals surface area contributed by atoms with Gasteiger partial charge in [0.05, 0.1) is 26.7 Å². The Kier molecular flexibility index (Phi) is 9.30. The normalized spacial score (nSPS) is 15.4. The van der Waals surface area contributed by atoms with Crippen molar-refractivity contribution in [2.45, 2.75) is 51.0 Å². The number of amides is 1. The molecule has 0 radical (unpaired) electrons. The second-order valence-corrected chi connectivity index (χ2v) is 9.23. The number of benzene rings is 2. The summed E-state index contributed by atoms with van der Waals surface area (Å²) in [5.74, 6) is -0.782. The molecule has 0 aromatic heterocycles. The number of hydrogen-bond acceptors (Lipinski definition) is 7. The van der Waals surface area contributed by atoms with Gasteiger partial charge in [0.2, 0.25) is 5.91 Å². The highest BCUT2D eigenvalue weighted by Crippen LogP contribution is 2.38. The van der Waals surface area contributed by atoms with Gasteiger partial charge < -0.3 is 30.4 Å². The summed E-state index contributed by atoms with van der Waals surface area (Å²) >= 11 is 0. The third kappa shape index (κ3) is 6.97. The molecule has 0 heterocycles. The minimum absolute atomic E-state index is 0.0451. The van der Waals surface area contributed by atoms with Gasteiger partial charge in [0, 0.05) is 6.54 Å². The molecule has 1 aliphatic rings. The minimum Gasteiger partial charge on any atom is -0.496 e. The van der Waals surface area contributed by atoms with Crippen LogP contribution in [0.1, 0.15) is 54.4 Å². The van der Waals surface area contributed by atoms with Crippen LogP contribution in [0.4, 0.5) is 0 Å². The van der Waals surface area contributed by atoms with E-state index in [9.17, 15) is 19.5 Å². The lowest BCUT2D eigenvalue weighted by molar-refractivity contribution is -0.140. The summed E-state index contributed by atoms with van der Waals surface area (Å²) in [7, 11) is 2.92. The van der Waals surface area contributed by atoms with Gasteiger partial charge in [-0.25, -0.2) is 4.79 Å². The number of nitrogens with one attached hydrogen (secondary N) is 1. The smallest absolute Gasteiger partial charge is 0.351 e. The van der Waals surface area contributed by atoms with Crippen molar-refractivity contribution in [1.29, 1.82) is 0 Å². The second-order valence-electron chi connectivity index (χ2n) is 9.23. The molecule has 3 rings (SSSR count). The monoisotopic (exact) mass is 498 g/mol. The first-order valence-corrected chi connectivity index (χ1v) is 12.0. The topological polar surface area (TPSA) is 137 Å². The maximum absolute atomic E-state index is 12.7. The average molecular weight is 499 g/mol. The highest BCUT2D eigenvalue weighted by atomic mass is 16.5. The van der Waals surface area contributed by atoms with E-state index in [-0.39, 0.29) is 24.3 Å². The standard InChI is InChI=1S/C27H34N2O7/c1-34-21-7-6-8-22(35-2)24(21)26(33)36-19-11-9-18(10-12-19)15-20(28)25(32)29-17-27(16-23(30)31)13-4-3-5-14-27/h6-12,20H,3-5,13-17,28H2,1-2H3,(H,29,32)(H,30,31)/t20-/m1/s1. The maximum Gasteiger partial charge on any atom is 0.351 e. The Morgan fingerprint density at radius 3 is 2.17 bits per heavy atom. The average Bonchev–Trinajstić information content (AvgIpc) is 2.87. The first-order chi connectivity index (χ1) is 17.3. The largest absolute Gasteiger partial charge is 0.496 e. The van der Waals surface area contributed by atoms with E-state index >= 15 is 0 Å². The fraction of sp³-hybridized carbons (Fsp3) is 0.444. The molecule has 1 amide bonds. The van der Waals surface area contributed by atoms with E-state index in [2.05, 4.69) is 5.32 Å². The van der Waals surface area contributed by atoms with Crippen molar-refractivity contribution in [2.24, 2.45) is 11.1 Å². The third-order valence-corrected chi connectivity index (χ3v) is 6.64. The van der Waals surface area contributed by atoms with Gasteiger partial charge in [-0.2, -0.15) is 0 Å². The molecule has 0 unspecified atom stereocenters. The third-order valence-electron chi connectivity index (χ3n) is 6.64. The van der Waals surface area contributed by atoms with Gasteiger partial charge in [0.15, 0.2) is 0 Å². The molecule has 1 fully saturated rings. The van der Waals surface area contributed by atoms with E-state index in [1.54, 1.807) is 42.5 Å². The summed E-state index contributed by atoms with van der Waals surface area (Å²) in [4.78, 5) is 36.7. The number of rotatable bonds is 11. The van der Waals surface area contributed by atoms with E-state index in [1.807, 2.05) is 0 Å². The molecule has 0 bridgehead atoms. The Hall–Kier alpha value is -3.59. The summed E-state index contributed by atoms with van der Waals surface area (Å²) in [5.41, 5.74) is 6.70. The van der Waals surface area contributed by atoms with Crippen LogP contribution in [0.5, 0.6) is 17.2 Å². The first-order valence-electron chi connectivity index (χ1n) is 12.0. The summed E-state index contributed by atoms with van der Waals surface area (Å²) < 4.78 is 16.0. The van der Waals surface area contributed by atoms with Crippen LogP contribution >= 0.6 is 0 Å². The molecule has 9 nitrogen and oxygen atoms in total. The molecular formula is C27H34N2O7. The summed E-state index contributed by atoms with van der Waals surface area (Å²) in [6, 6.07) is 10.9. The summed E-state index contributed by atoms with van der Waals surface area (Å²) in [6.45, 7) is 0.313. The zero-order chi connectivity index (χ0) is 26.1.